The van der Waals surface area contributed by atoms with Crippen molar-refractivity contribution >= 4 is 34.1 Å². The molecule has 0 saturated heterocycles. The maximum absolute atomic E-state index is 12.9. The van der Waals surface area contributed by atoms with Crippen molar-refractivity contribution in [1.82, 2.24) is 9.78 Å². The van der Waals surface area contributed by atoms with E-state index < -0.39 is 18.0 Å². The Morgan fingerprint density at radius 2 is 1.62 bits per heavy atom. The van der Waals surface area contributed by atoms with Gasteiger partial charge in [0, 0.05) is 17.5 Å². The number of Topliss-reactive ketones (excluding diaryl/α,β-unsaturated/α-hetero) is 1. The molecule has 0 saturated carbocycles. The molecule has 3 aromatic rings. The van der Waals surface area contributed by atoms with Crippen molar-refractivity contribution in [3.05, 3.63) is 70.1 Å². The maximum Gasteiger partial charge on any atom is 0.360 e. The molecule has 1 atom stereocenters. The lowest BCUT2D eigenvalue weighted by Gasteiger charge is -2.16. The first-order chi connectivity index (χ1) is 15.2. The number of amides is 1. The van der Waals surface area contributed by atoms with E-state index in [1.54, 1.807) is 48.5 Å². The number of ketones is 1. The van der Waals surface area contributed by atoms with Gasteiger partial charge in [0.15, 0.2) is 17.6 Å². The van der Waals surface area contributed by atoms with Crippen LogP contribution in [0.5, 0.6) is 0 Å². The van der Waals surface area contributed by atoms with Gasteiger partial charge in [-0.05, 0) is 38.0 Å². The van der Waals surface area contributed by atoms with Gasteiger partial charge < -0.3 is 10.1 Å². The summed E-state index contributed by atoms with van der Waals surface area (Å²) in [5.74, 6) is -1.47. The van der Waals surface area contributed by atoms with Gasteiger partial charge in [0.05, 0.1) is 11.1 Å². The minimum absolute atomic E-state index is 0.0374. The first-order valence-corrected chi connectivity index (χ1v) is 10.3. The number of rotatable bonds is 7. The SMILES string of the molecule is CC(=O)c1ccccc1NC(=O)C(C)OC(=O)c1nn(CC(C)C)c(=O)c2ccccc12. The number of carbonyl (C=O) groups excluding carboxylic acids is 3. The van der Waals surface area contributed by atoms with E-state index in [4.69, 9.17) is 4.74 Å². The standard InChI is InChI=1S/C24H25N3O5/c1-14(2)13-27-23(30)19-11-6-5-10-18(19)21(26-27)24(31)32-16(4)22(29)25-20-12-8-7-9-17(20)15(3)28/h5-12,14,16H,13H2,1-4H3,(H,25,29). The second-order valence-corrected chi connectivity index (χ2v) is 7.91. The van der Waals surface area contributed by atoms with Gasteiger partial charge in [-0.3, -0.25) is 14.4 Å². The minimum Gasteiger partial charge on any atom is -0.448 e. The quantitative estimate of drug-likeness (QED) is 0.450. The Bertz CT molecular complexity index is 1250. The number of aromatic nitrogens is 2. The van der Waals surface area contributed by atoms with Gasteiger partial charge in [-0.1, -0.05) is 44.2 Å². The van der Waals surface area contributed by atoms with Crippen LogP contribution in [0.4, 0.5) is 5.69 Å². The molecule has 166 valence electrons. The van der Waals surface area contributed by atoms with Crippen LogP contribution < -0.4 is 10.9 Å². The van der Waals surface area contributed by atoms with Crippen molar-refractivity contribution in [1.29, 1.82) is 0 Å². The normalized spacial score (nSPS) is 11.9. The monoisotopic (exact) mass is 435 g/mol. The molecule has 0 fully saturated rings. The van der Waals surface area contributed by atoms with Crippen LogP contribution in [0, 0.1) is 5.92 Å². The zero-order chi connectivity index (χ0) is 23.4. The molecule has 2 aromatic carbocycles. The summed E-state index contributed by atoms with van der Waals surface area (Å²) in [6.45, 7) is 7.04. The third-order valence-electron chi connectivity index (χ3n) is 4.82. The topological polar surface area (TPSA) is 107 Å². The van der Waals surface area contributed by atoms with Crippen LogP contribution in [0.1, 0.15) is 48.5 Å². The number of esters is 1. The van der Waals surface area contributed by atoms with E-state index >= 15 is 0 Å². The van der Waals surface area contributed by atoms with Gasteiger partial charge in [-0.15, -0.1) is 0 Å². The molecule has 8 nitrogen and oxygen atoms in total. The number of carbonyl (C=O) groups is 3. The van der Waals surface area contributed by atoms with Crippen molar-refractivity contribution in [3.63, 3.8) is 0 Å². The van der Waals surface area contributed by atoms with Gasteiger partial charge in [-0.25, -0.2) is 9.48 Å². The predicted molar refractivity (Wildman–Crippen MR) is 121 cm³/mol. The fourth-order valence-corrected chi connectivity index (χ4v) is 3.26. The Kier molecular flexibility index (Phi) is 6.82. The number of fused-ring (bicyclic) bond motifs is 1. The Balaban J connectivity index is 1.87. The molecule has 0 aliphatic rings. The maximum atomic E-state index is 12.9. The number of hydrogen-bond acceptors (Lipinski definition) is 6. The van der Waals surface area contributed by atoms with E-state index in [1.807, 2.05) is 13.8 Å². The number of nitrogens with zero attached hydrogens (tertiary/aromatic N) is 2. The molecule has 1 N–H and O–H groups in total. The highest BCUT2D eigenvalue weighted by molar-refractivity contribution is 6.06. The number of para-hydroxylation sites is 1. The smallest absolute Gasteiger partial charge is 0.360 e. The first kappa shape index (κ1) is 22.9. The van der Waals surface area contributed by atoms with Gasteiger partial charge in [0.25, 0.3) is 11.5 Å². The van der Waals surface area contributed by atoms with Gasteiger partial charge in [0.2, 0.25) is 0 Å². The Morgan fingerprint density at radius 1 is 1.00 bits per heavy atom. The van der Waals surface area contributed by atoms with Crippen LogP contribution in [-0.2, 0) is 16.1 Å². The van der Waals surface area contributed by atoms with E-state index in [-0.39, 0.29) is 23.0 Å². The molecular weight excluding hydrogens is 410 g/mol. The summed E-state index contributed by atoms with van der Waals surface area (Å²) in [6, 6.07) is 13.2. The zero-order valence-corrected chi connectivity index (χ0v) is 18.4. The summed E-state index contributed by atoms with van der Waals surface area (Å²) in [7, 11) is 0. The Hall–Kier alpha value is -3.81. The summed E-state index contributed by atoms with van der Waals surface area (Å²) in [6.07, 6.45) is -1.16. The number of ether oxygens (including phenoxy) is 1. The van der Waals surface area contributed by atoms with E-state index in [9.17, 15) is 19.2 Å². The molecule has 8 heteroatoms. The Morgan fingerprint density at radius 3 is 2.28 bits per heavy atom. The molecule has 0 radical (unpaired) electrons. The molecule has 1 aromatic heterocycles. The highest BCUT2D eigenvalue weighted by Gasteiger charge is 2.24. The molecule has 1 unspecified atom stereocenters. The third kappa shape index (κ3) is 4.91. The summed E-state index contributed by atoms with van der Waals surface area (Å²) in [5, 5.41) is 7.56. The minimum atomic E-state index is -1.16. The van der Waals surface area contributed by atoms with Crippen molar-refractivity contribution in [2.75, 3.05) is 5.32 Å². The Labute approximate surface area is 185 Å². The van der Waals surface area contributed by atoms with E-state index in [0.29, 0.717) is 28.6 Å². The van der Waals surface area contributed by atoms with E-state index in [0.717, 1.165) is 0 Å². The van der Waals surface area contributed by atoms with Gasteiger partial charge in [0.1, 0.15) is 0 Å². The van der Waals surface area contributed by atoms with Crippen molar-refractivity contribution < 1.29 is 19.1 Å². The molecule has 0 aliphatic carbocycles. The average molecular weight is 435 g/mol. The molecule has 32 heavy (non-hydrogen) atoms. The van der Waals surface area contributed by atoms with Crippen LogP contribution >= 0.6 is 0 Å². The highest BCUT2D eigenvalue weighted by atomic mass is 16.5. The molecule has 1 amide bonds. The largest absolute Gasteiger partial charge is 0.448 e. The fourth-order valence-electron chi connectivity index (χ4n) is 3.26. The number of hydrogen-bond donors (Lipinski definition) is 1. The molecule has 0 aliphatic heterocycles. The van der Waals surface area contributed by atoms with Crippen molar-refractivity contribution in [3.8, 4) is 0 Å². The summed E-state index contributed by atoms with van der Waals surface area (Å²) in [5.41, 5.74) is 0.358. The van der Waals surface area contributed by atoms with Crippen LogP contribution in [0.25, 0.3) is 10.8 Å². The summed E-state index contributed by atoms with van der Waals surface area (Å²) >= 11 is 0. The second-order valence-electron chi connectivity index (χ2n) is 7.91. The summed E-state index contributed by atoms with van der Waals surface area (Å²) < 4.78 is 6.61. The highest BCUT2D eigenvalue weighted by Crippen LogP contribution is 2.18. The van der Waals surface area contributed by atoms with Gasteiger partial charge >= 0.3 is 5.97 Å². The zero-order valence-electron chi connectivity index (χ0n) is 18.4. The number of benzene rings is 2. The number of anilines is 1. The lowest BCUT2D eigenvalue weighted by molar-refractivity contribution is -0.123. The van der Waals surface area contributed by atoms with Crippen LogP contribution in [0.3, 0.4) is 0 Å². The van der Waals surface area contributed by atoms with E-state index in [1.165, 1.54) is 18.5 Å². The lowest BCUT2D eigenvalue weighted by atomic mass is 10.1. The molecule has 0 spiro atoms. The number of nitrogens with one attached hydrogen (secondary N) is 1. The second kappa shape index (κ2) is 9.55. The van der Waals surface area contributed by atoms with Crippen LogP contribution in [-0.4, -0.2) is 33.5 Å². The van der Waals surface area contributed by atoms with Crippen molar-refractivity contribution in [2.24, 2.45) is 5.92 Å². The van der Waals surface area contributed by atoms with Crippen LogP contribution in [0.15, 0.2) is 53.3 Å². The first-order valence-electron chi connectivity index (χ1n) is 10.3. The predicted octanol–water partition coefficient (Wildman–Crippen LogP) is 3.44. The third-order valence-corrected chi connectivity index (χ3v) is 4.82. The van der Waals surface area contributed by atoms with E-state index in [2.05, 4.69) is 10.4 Å². The molecular formula is C24H25N3O5. The van der Waals surface area contributed by atoms with Crippen LogP contribution in [0.2, 0.25) is 0 Å². The molecule has 1 heterocycles. The molecule has 0 bridgehead atoms. The lowest BCUT2D eigenvalue weighted by Crippen LogP contribution is -2.32. The van der Waals surface area contributed by atoms with Crippen molar-refractivity contribution in [2.45, 2.75) is 40.3 Å². The average Bonchev–Trinajstić information content (AvgIpc) is 2.75. The summed E-state index contributed by atoms with van der Waals surface area (Å²) in [4.78, 5) is 50.0. The fraction of sp³-hybridized carbons (Fsp3) is 0.292. The molecule has 3 rings (SSSR count). The van der Waals surface area contributed by atoms with Gasteiger partial charge in [-0.2, -0.15) is 5.10 Å².